The first-order valence-corrected chi connectivity index (χ1v) is 20.5. The Morgan fingerprint density at radius 3 is 2.39 bits per heavy atom. The average Bonchev–Trinajstić information content (AvgIpc) is 3.28. The van der Waals surface area contributed by atoms with Crippen molar-refractivity contribution in [1.29, 1.82) is 0 Å². The summed E-state index contributed by atoms with van der Waals surface area (Å²) < 4.78 is 24.7. The zero-order valence-electron chi connectivity index (χ0n) is 33.8. The maximum Gasteiger partial charge on any atom is 0.322 e. The number of carbonyl (C=O) groups excluding carboxylic acids is 2. The van der Waals surface area contributed by atoms with Crippen LogP contribution in [0.1, 0.15) is 45.2 Å². The number of amides is 3. The molecule has 3 amide bonds. The van der Waals surface area contributed by atoms with Gasteiger partial charge in [0.1, 0.15) is 36.5 Å². The number of pyridine rings is 2. The van der Waals surface area contributed by atoms with Crippen molar-refractivity contribution in [2.45, 2.75) is 52.0 Å². The molecule has 2 aliphatic rings. The highest BCUT2D eigenvalue weighted by molar-refractivity contribution is 6.42. The largest absolute Gasteiger partial charge is 0.489 e. The molecule has 13 nitrogen and oxygen atoms in total. The molecule has 0 saturated carbocycles. The number of carbonyl (C=O) groups is 3. The molecule has 3 N–H and O–H groups in total. The molecule has 6 aromatic rings. The molecule has 318 valence electrons. The van der Waals surface area contributed by atoms with E-state index in [9.17, 15) is 9.59 Å². The summed E-state index contributed by atoms with van der Waals surface area (Å²) in [6.07, 6.45) is 5.46. The summed E-state index contributed by atoms with van der Waals surface area (Å²) in [5.74, 6) is 3.08. The Morgan fingerprint density at radius 1 is 0.903 bits per heavy atom. The predicted octanol–water partition coefficient (Wildman–Crippen LogP) is 9.30. The molecule has 62 heavy (non-hydrogen) atoms. The van der Waals surface area contributed by atoms with Crippen molar-refractivity contribution < 1.29 is 38.4 Å². The van der Waals surface area contributed by atoms with Crippen molar-refractivity contribution in [3.8, 4) is 28.7 Å². The van der Waals surface area contributed by atoms with Crippen molar-refractivity contribution in [3.63, 3.8) is 0 Å². The maximum atomic E-state index is 13.9. The monoisotopic (exact) mass is 875 g/mol. The molecule has 15 heteroatoms. The van der Waals surface area contributed by atoms with E-state index in [0.29, 0.717) is 71.3 Å². The zero-order chi connectivity index (χ0) is 43.6. The topological polar surface area (TPSA) is 161 Å². The van der Waals surface area contributed by atoms with E-state index >= 15 is 0 Å². The van der Waals surface area contributed by atoms with Gasteiger partial charge in [0.05, 0.1) is 21.9 Å². The van der Waals surface area contributed by atoms with Gasteiger partial charge in [0.25, 0.3) is 6.47 Å². The van der Waals surface area contributed by atoms with Gasteiger partial charge in [-0.1, -0.05) is 53.5 Å². The quantitative estimate of drug-likeness (QED) is 0.107. The van der Waals surface area contributed by atoms with Crippen LogP contribution in [-0.4, -0.2) is 57.6 Å². The van der Waals surface area contributed by atoms with E-state index in [-0.39, 0.29) is 25.0 Å². The molecule has 0 aliphatic carbocycles. The SMILES string of the molecule is Cc1nccc(Oc2ccc(CCNC(=O)C3Cc4cc5c(cc4CN3C(=O)Nc3cccnc3)OC(c3ccc(OCc4ccc(Cl)c(Cl)c4)cc3)CO5)cc2)c1C.O=CO. The van der Waals surface area contributed by atoms with Crippen molar-refractivity contribution >= 4 is 47.3 Å². The molecule has 4 heterocycles. The molecular formula is C47H43Cl2N5O8. The molecule has 4 aromatic carbocycles. The maximum absolute atomic E-state index is 13.9. The summed E-state index contributed by atoms with van der Waals surface area (Å²) in [5.41, 5.74) is 7.08. The standard InChI is InChI=1S/C46H41Cl2N5O6.CH2O2/c1-28-29(2)50-19-16-41(28)58-37-10-5-30(6-11-37)15-18-51-45(54)40-21-33-22-42-43(23-34(33)25-53(40)46(55)52-35-4-3-17-49-24-35)59-44(27-57-42)32-8-12-36(13-9-32)56-26-31-7-14-38(47)39(48)20-31;2-1-3/h3-14,16-17,19-20,22-24,40,44H,15,18,21,25-27H2,1-2H3,(H,51,54)(H,52,55);1H,(H,2,3). The number of carboxylic acid groups (broad SMARTS) is 1. The second-order valence-corrected chi connectivity index (χ2v) is 15.3. The number of aryl methyl sites for hydroxylation is 1. The van der Waals surface area contributed by atoms with Crippen molar-refractivity contribution in [2.24, 2.45) is 0 Å². The van der Waals surface area contributed by atoms with Crippen LogP contribution in [0.2, 0.25) is 10.0 Å². The van der Waals surface area contributed by atoms with E-state index in [0.717, 1.165) is 44.8 Å². The molecular weight excluding hydrogens is 833 g/mol. The Kier molecular flexibility index (Phi) is 14.1. The minimum absolute atomic E-state index is 0.184. The van der Waals surface area contributed by atoms with E-state index in [2.05, 4.69) is 20.6 Å². The Morgan fingerprint density at radius 2 is 1.65 bits per heavy atom. The predicted molar refractivity (Wildman–Crippen MR) is 234 cm³/mol. The van der Waals surface area contributed by atoms with E-state index in [1.807, 2.05) is 86.6 Å². The third-order valence-electron chi connectivity index (χ3n) is 10.4. The van der Waals surface area contributed by atoms with Crippen LogP contribution in [0.5, 0.6) is 28.7 Å². The molecule has 0 saturated heterocycles. The minimum Gasteiger partial charge on any atom is -0.489 e. The molecule has 2 atom stereocenters. The number of ether oxygens (including phenoxy) is 4. The van der Waals surface area contributed by atoms with Crippen LogP contribution in [0.25, 0.3) is 0 Å². The Labute approximate surface area is 368 Å². The zero-order valence-corrected chi connectivity index (χ0v) is 35.4. The second-order valence-electron chi connectivity index (χ2n) is 14.5. The van der Waals surface area contributed by atoms with Gasteiger partial charge >= 0.3 is 6.03 Å². The van der Waals surface area contributed by atoms with Crippen LogP contribution < -0.4 is 29.6 Å². The highest BCUT2D eigenvalue weighted by Crippen LogP contribution is 2.41. The third kappa shape index (κ3) is 10.7. The number of aromatic nitrogens is 2. The van der Waals surface area contributed by atoms with Crippen molar-refractivity contribution in [3.05, 3.63) is 165 Å². The van der Waals surface area contributed by atoms with Crippen LogP contribution >= 0.6 is 23.2 Å². The normalized spacial score (nSPS) is 14.9. The first kappa shape index (κ1) is 43.3. The van der Waals surface area contributed by atoms with E-state index < -0.39 is 12.1 Å². The van der Waals surface area contributed by atoms with Gasteiger partial charge in [-0.3, -0.25) is 19.6 Å². The first-order chi connectivity index (χ1) is 30.1. The van der Waals surface area contributed by atoms with E-state index in [1.54, 1.807) is 47.8 Å². The fourth-order valence-corrected chi connectivity index (χ4v) is 7.32. The lowest BCUT2D eigenvalue weighted by atomic mass is 9.92. The van der Waals surface area contributed by atoms with E-state index in [4.69, 9.17) is 52.1 Å². The van der Waals surface area contributed by atoms with Gasteiger partial charge in [-0.2, -0.15) is 0 Å². The second kappa shape index (κ2) is 20.2. The molecule has 2 unspecified atom stereocenters. The summed E-state index contributed by atoms with van der Waals surface area (Å²) in [6.45, 7) is 4.90. The van der Waals surface area contributed by atoms with Crippen molar-refractivity contribution in [1.82, 2.24) is 20.2 Å². The number of benzene rings is 4. The van der Waals surface area contributed by atoms with E-state index in [1.165, 1.54) is 0 Å². The van der Waals surface area contributed by atoms with Crippen LogP contribution in [0.3, 0.4) is 0 Å². The van der Waals surface area contributed by atoms with Crippen LogP contribution in [-0.2, 0) is 35.6 Å². The molecule has 0 spiro atoms. The molecule has 0 bridgehead atoms. The third-order valence-corrected chi connectivity index (χ3v) is 11.2. The summed E-state index contributed by atoms with van der Waals surface area (Å²) in [7, 11) is 0. The Hall–Kier alpha value is -6.83. The molecule has 0 radical (unpaired) electrons. The number of fused-ring (bicyclic) bond motifs is 2. The molecule has 8 rings (SSSR count). The lowest BCUT2D eigenvalue weighted by molar-refractivity contribution is -0.126. The molecule has 0 fully saturated rings. The Balaban J connectivity index is 0.00000187. The highest BCUT2D eigenvalue weighted by Gasteiger charge is 2.36. The smallest absolute Gasteiger partial charge is 0.322 e. The van der Waals surface area contributed by atoms with Crippen molar-refractivity contribution in [2.75, 3.05) is 18.5 Å². The lowest BCUT2D eigenvalue weighted by Crippen LogP contribution is -2.54. The summed E-state index contributed by atoms with van der Waals surface area (Å²) in [6, 6.07) is 28.9. The fraction of sp³-hybridized carbons (Fsp3) is 0.213. The van der Waals surface area contributed by atoms with Gasteiger partial charge in [0, 0.05) is 43.2 Å². The Bertz CT molecular complexity index is 2530. The van der Waals surface area contributed by atoms with Gasteiger partial charge < -0.3 is 39.6 Å². The summed E-state index contributed by atoms with van der Waals surface area (Å²) in [5, 5.41) is 13.8. The van der Waals surface area contributed by atoms with Gasteiger partial charge in [-0.15, -0.1) is 0 Å². The van der Waals surface area contributed by atoms with Gasteiger partial charge in [0.2, 0.25) is 5.91 Å². The number of nitrogens with zero attached hydrogens (tertiary/aromatic N) is 3. The average molecular weight is 877 g/mol. The van der Waals surface area contributed by atoms with Crippen LogP contribution in [0.15, 0.2) is 116 Å². The first-order valence-electron chi connectivity index (χ1n) is 19.7. The number of urea groups is 1. The number of anilines is 1. The number of rotatable bonds is 11. The minimum atomic E-state index is -0.769. The summed E-state index contributed by atoms with van der Waals surface area (Å²) >= 11 is 12.2. The highest BCUT2D eigenvalue weighted by atomic mass is 35.5. The van der Waals surface area contributed by atoms with Crippen LogP contribution in [0, 0.1) is 13.8 Å². The van der Waals surface area contributed by atoms with Gasteiger partial charge in [-0.25, -0.2) is 4.79 Å². The molecule has 2 aromatic heterocycles. The number of nitrogens with one attached hydrogen (secondary N) is 2. The lowest BCUT2D eigenvalue weighted by Gasteiger charge is -2.37. The summed E-state index contributed by atoms with van der Waals surface area (Å²) in [4.78, 5) is 46.0. The van der Waals surface area contributed by atoms with Gasteiger partial charge in [-0.05, 0) is 115 Å². The van der Waals surface area contributed by atoms with Crippen LogP contribution in [0.4, 0.5) is 10.5 Å². The number of hydrogen-bond donors (Lipinski definition) is 3. The fourth-order valence-electron chi connectivity index (χ4n) is 7.00. The molecule has 2 aliphatic heterocycles. The number of halogens is 2. The number of hydrogen-bond acceptors (Lipinski definition) is 9. The van der Waals surface area contributed by atoms with Gasteiger partial charge in [0.15, 0.2) is 17.6 Å².